The van der Waals surface area contributed by atoms with Gasteiger partial charge in [-0.2, -0.15) is 0 Å². The number of hydrogen-bond donors (Lipinski definition) is 13. The van der Waals surface area contributed by atoms with Gasteiger partial charge in [0, 0.05) is 53.5 Å². The van der Waals surface area contributed by atoms with Crippen LogP contribution in [-0.4, -0.2) is 174 Å². The molecule has 1 aromatic carbocycles. The number of carbonyl (C=O) groups is 9. The van der Waals surface area contributed by atoms with Gasteiger partial charge < -0.3 is 77.2 Å². The van der Waals surface area contributed by atoms with E-state index in [1.165, 1.54) is 25.1 Å². The largest absolute Gasteiger partial charge is 0.610 e. The molecule has 350 valence electrons. The molecular weight excluding hydrogens is 867 g/mol. The predicted molar refractivity (Wildman–Crippen MR) is 221 cm³/mol. The molecule has 0 aliphatic carbocycles. The van der Waals surface area contributed by atoms with E-state index < -0.39 is 176 Å². The van der Waals surface area contributed by atoms with E-state index in [1.807, 2.05) is 0 Å². The Morgan fingerprint density at radius 1 is 0.875 bits per heavy atom. The summed E-state index contributed by atoms with van der Waals surface area (Å²) < 4.78 is 14.5. The van der Waals surface area contributed by atoms with Crippen molar-refractivity contribution < 1.29 is 73.2 Å². The fourth-order valence-corrected chi connectivity index (χ4v) is 9.07. The summed E-state index contributed by atoms with van der Waals surface area (Å²) in [6, 6.07) is -6.28. The van der Waals surface area contributed by atoms with E-state index in [0.717, 1.165) is 4.90 Å². The number of carboxylic acid groups (broad SMARTS) is 1. The van der Waals surface area contributed by atoms with E-state index in [1.54, 1.807) is 13.8 Å². The zero-order valence-corrected chi connectivity index (χ0v) is 35.9. The number of phenolic OH excluding ortho intramolecular Hbond substituents is 1. The summed E-state index contributed by atoms with van der Waals surface area (Å²) in [6.45, 7) is 1.64. The summed E-state index contributed by atoms with van der Waals surface area (Å²) in [4.78, 5) is 127. The van der Waals surface area contributed by atoms with Crippen molar-refractivity contribution in [2.75, 3.05) is 32.0 Å². The Balaban J connectivity index is 1.73. The maximum Gasteiger partial charge on any atom is 0.305 e. The number of phenols is 1. The second-order valence-corrected chi connectivity index (χ2v) is 17.5. The van der Waals surface area contributed by atoms with Crippen molar-refractivity contribution in [2.45, 2.75) is 99.9 Å². The highest BCUT2D eigenvalue weighted by Crippen LogP contribution is 2.31. The molecular formula is C39H53N9O15S. The highest BCUT2D eigenvalue weighted by Gasteiger charge is 2.45. The van der Waals surface area contributed by atoms with Crippen molar-refractivity contribution >= 4 is 75.3 Å². The first-order valence-electron chi connectivity index (χ1n) is 20.5. The summed E-state index contributed by atoms with van der Waals surface area (Å²) >= 11 is -2.41. The summed E-state index contributed by atoms with van der Waals surface area (Å²) in [7, 11) is 0. The van der Waals surface area contributed by atoms with Crippen molar-refractivity contribution in [3.8, 4) is 5.75 Å². The average molecular weight is 920 g/mol. The van der Waals surface area contributed by atoms with Crippen molar-refractivity contribution in [1.29, 1.82) is 0 Å². The van der Waals surface area contributed by atoms with Gasteiger partial charge in [-0.1, -0.05) is 27.2 Å². The molecule has 0 spiro atoms. The Kier molecular flexibility index (Phi) is 16.2. The van der Waals surface area contributed by atoms with Crippen LogP contribution in [-0.2, 0) is 60.7 Å². The van der Waals surface area contributed by atoms with Gasteiger partial charge in [0.2, 0.25) is 52.3 Å². The van der Waals surface area contributed by atoms with Crippen molar-refractivity contribution in [3.63, 3.8) is 0 Å². The molecule has 0 saturated carbocycles. The van der Waals surface area contributed by atoms with Gasteiger partial charge in [0.1, 0.15) is 41.7 Å². The molecule has 3 aliphatic heterocycles. The van der Waals surface area contributed by atoms with Crippen LogP contribution < -0.4 is 37.2 Å². The summed E-state index contributed by atoms with van der Waals surface area (Å²) in [6.07, 6.45) is -4.74. The van der Waals surface area contributed by atoms with Crippen LogP contribution in [0.15, 0.2) is 23.2 Å². The monoisotopic (exact) mass is 919 g/mol. The molecule has 1 aromatic heterocycles. The number of nitrogens with one attached hydrogen (secondary N) is 8. The lowest BCUT2D eigenvalue weighted by Crippen LogP contribution is -2.62. The van der Waals surface area contributed by atoms with Crippen LogP contribution in [0.2, 0.25) is 0 Å². The molecule has 0 radical (unpaired) electrons. The van der Waals surface area contributed by atoms with Crippen molar-refractivity contribution in [1.82, 2.24) is 47.1 Å². The number of aromatic hydroxyl groups is 1. The number of nitrogens with zero attached hydrogens (tertiary/aromatic N) is 1. The minimum absolute atomic E-state index is 0.0635. The minimum atomic E-state index is -2.41. The summed E-state index contributed by atoms with van der Waals surface area (Å²) in [5.74, 6) is -12.9. The molecule has 1 fully saturated rings. The third kappa shape index (κ3) is 11.6. The number of fused-ring (bicyclic) bond motifs is 5. The van der Waals surface area contributed by atoms with Gasteiger partial charge in [-0.3, -0.25) is 43.2 Å². The molecule has 8 amide bonds. The van der Waals surface area contributed by atoms with E-state index in [0.29, 0.717) is 6.42 Å². The normalized spacial score (nSPS) is 28.5. The average Bonchev–Trinajstić information content (AvgIpc) is 3.82. The maximum absolute atomic E-state index is 14.5. The molecule has 11 atom stereocenters. The Morgan fingerprint density at radius 2 is 1.55 bits per heavy atom. The first kappa shape index (κ1) is 49.0. The van der Waals surface area contributed by atoms with Gasteiger partial charge in [0.05, 0.1) is 43.8 Å². The summed E-state index contributed by atoms with van der Waals surface area (Å²) in [5.41, 5.74) is 0.220. The standard InChI is InChI=1S/C39H53N9O15S/c1-4-16(2)31-36(60)41-11-28(53)42-25-15-64(63)38-21(20-6-5-18(50)7-22(20)45-38)9-23(33(57)40-12-29(54)46-31)43-37(61)32(17(3)27(52)14-49)47-35(59)26-8-19(51)13-48(26)39(62)24(10-30(55)56)44-34(25)58/h5-7,16-17,19,23-27,31-32,45,49-52H,4,8-15H2,1-3H3,(H,40,57)(H,41,60)(H,42,53)(H,43,61)(H,44,58)(H,46,54)(H,47,59)(H,55,56). The Labute approximate surface area is 368 Å². The number of aliphatic hydroxyl groups excluding tert-OH is 3. The van der Waals surface area contributed by atoms with Crippen LogP contribution in [0.5, 0.6) is 5.75 Å². The number of aromatic amines is 1. The van der Waals surface area contributed by atoms with Crippen LogP contribution in [0.4, 0.5) is 0 Å². The fraction of sp³-hybridized carbons (Fsp3) is 0.564. The zero-order valence-electron chi connectivity index (χ0n) is 35.0. The van der Waals surface area contributed by atoms with Crippen LogP contribution in [0.3, 0.4) is 0 Å². The van der Waals surface area contributed by atoms with E-state index in [2.05, 4.69) is 42.2 Å². The predicted octanol–water partition coefficient (Wildman–Crippen LogP) is -5.32. The first-order valence-corrected chi connectivity index (χ1v) is 21.8. The lowest BCUT2D eigenvalue weighted by molar-refractivity contribution is -0.146. The van der Waals surface area contributed by atoms with Crippen molar-refractivity contribution in [2.24, 2.45) is 11.8 Å². The van der Waals surface area contributed by atoms with Crippen LogP contribution in [0.1, 0.15) is 45.6 Å². The number of amides is 8. The lowest BCUT2D eigenvalue weighted by Gasteiger charge is -2.32. The second kappa shape index (κ2) is 21.1. The fourth-order valence-electron chi connectivity index (χ4n) is 7.67. The second-order valence-electron chi connectivity index (χ2n) is 16.1. The number of rotatable bonds is 7. The third-order valence-electron chi connectivity index (χ3n) is 11.5. The molecule has 1 saturated heterocycles. The molecule has 5 rings (SSSR count). The maximum atomic E-state index is 14.5. The highest BCUT2D eigenvalue weighted by atomic mass is 32.2. The van der Waals surface area contributed by atoms with E-state index in [9.17, 15) is 73.2 Å². The summed E-state index contributed by atoms with van der Waals surface area (Å²) in [5, 5.41) is 68.3. The number of H-pyrrole nitrogens is 1. The molecule has 2 aromatic rings. The quantitative estimate of drug-likeness (QED) is 0.115. The number of benzene rings is 1. The first-order chi connectivity index (χ1) is 30.2. The van der Waals surface area contributed by atoms with Gasteiger partial charge >= 0.3 is 5.97 Å². The van der Waals surface area contributed by atoms with Crippen LogP contribution in [0.25, 0.3) is 10.9 Å². The van der Waals surface area contributed by atoms with Gasteiger partial charge in [0.15, 0.2) is 6.04 Å². The molecule has 4 heterocycles. The van der Waals surface area contributed by atoms with Gasteiger partial charge in [-0.15, -0.1) is 0 Å². The Morgan fingerprint density at radius 3 is 2.20 bits per heavy atom. The zero-order chi connectivity index (χ0) is 47.2. The Hall–Kier alpha value is -6.02. The van der Waals surface area contributed by atoms with Gasteiger partial charge in [-0.25, -0.2) is 0 Å². The van der Waals surface area contributed by atoms with Crippen LogP contribution >= 0.6 is 0 Å². The number of carbonyl (C=O) groups excluding carboxylic acids is 8. The SMILES string of the molecule is CCC(C)C1NC(=O)CNC(=O)C2Cc3c([nH]c4cc(O)ccc34)[S+]([O-])CC(NC(=O)CNC1=O)C(=O)NC(CC(=O)O)C(=O)N1CC(O)CC1C(=O)NC(C(C)C(O)CO)C(=O)N2. The van der Waals surface area contributed by atoms with Crippen LogP contribution in [0, 0.1) is 11.8 Å². The number of aromatic nitrogens is 1. The van der Waals surface area contributed by atoms with Gasteiger partial charge in [-0.05, 0) is 18.1 Å². The molecule has 24 nitrogen and oxygen atoms in total. The van der Waals surface area contributed by atoms with Gasteiger partial charge in [0.25, 0.3) is 0 Å². The number of carboxylic acids is 1. The lowest BCUT2D eigenvalue weighted by atomic mass is 9.93. The van der Waals surface area contributed by atoms with Crippen molar-refractivity contribution in [3.05, 3.63) is 23.8 Å². The molecule has 64 heavy (non-hydrogen) atoms. The molecule has 11 unspecified atom stereocenters. The number of hydrogen-bond acceptors (Lipinski definition) is 14. The molecule has 2 bridgehead atoms. The topological polar surface area (TPSA) is 381 Å². The van der Waals surface area contributed by atoms with E-state index in [4.69, 9.17) is 0 Å². The highest BCUT2D eigenvalue weighted by molar-refractivity contribution is 7.91. The molecule has 3 aliphatic rings. The minimum Gasteiger partial charge on any atom is -0.610 e. The smallest absolute Gasteiger partial charge is 0.305 e. The third-order valence-corrected chi connectivity index (χ3v) is 12.9. The molecule has 25 heteroatoms. The van der Waals surface area contributed by atoms with E-state index in [-0.39, 0.29) is 27.2 Å². The molecule has 13 N–H and O–H groups in total. The van der Waals surface area contributed by atoms with E-state index >= 15 is 0 Å². The number of aliphatic carboxylic acids is 1. The Bertz CT molecular complexity index is 2150. The number of aliphatic hydroxyl groups is 3.